The molecule has 2 aromatic rings. The van der Waals surface area contributed by atoms with E-state index in [1.807, 2.05) is 0 Å². The highest BCUT2D eigenvalue weighted by atomic mass is 79.9. The maximum Gasteiger partial charge on any atom is 0.342 e. The van der Waals surface area contributed by atoms with Gasteiger partial charge in [-0.1, -0.05) is 17.7 Å². The standard InChI is InChI=1S/C13H7BrClNO5/c14-9-6-7(15)4-5-10(9)21-11-3-1-2-8(13(17)18)12(11)16(19)20/h1-6H,(H,17,18). The molecule has 0 radical (unpaired) electrons. The van der Waals surface area contributed by atoms with Crippen molar-refractivity contribution < 1.29 is 19.6 Å². The predicted octanol–water partition coefficient (Wildman–Crippen LogP) is 4.50. The second kappa shape index (κ2) is 6.11. The highest BCUT2D eigenvalue weighted by molar-refractivity contribution is 9.10. The molecule has 0 aliphatic heterocycles. The van der Waals surface area contributed by atoms with E-state index in [-0.39, 0.29) is 11.5 Å². The number of nitro groups is 1. The molecule has 0 aliphatic rings. The number of nitrogens with zero attached hydrogens (tertiary/aromatic N) is 1. The maximum atomic E-state index is 11.1. The van der Waals surface area contributed by atoms with Crippen LogP contribution in [0.4, 0.5) is 5.69 Å². The van der Waals surface area contributed by atoms with E-state index in [2.05, 4.69) is 15.9 Å². The van der Waals surface area contributed by atoms with Crippen molar-refractivity contribution in [1.29, 1.82) is 0 Å². The molecular formula is C13H7BrClNO5. The van der Waals surface area contributed by atoms with Crippen LogP contribution < -0.4 is 4.74 Å². The van der Waals surface area contributed by atoms with E-state index in [4.69, 9.17) is 21.4 Å². The second-order valence-corrected chi connectivity index (χ2v) is 5.18. The number of carbonyl (C=O) groups is 1. The van der Waals surface area contributed by atoms with Gasteiger partial charge < -0.3 is 9.84 Å². The summed E-state index contributed by atoms with van der Waals surface area (Å²) >= 11 is 9.01. The number of aromatic carboxylic acids is 1. The van der Waals surface area contributed by atoms with Gasteiger partial charge in [0.25, 0.3) is 0 Å². The molecule has 0 unspecified atom stereocenters. The summed E-state index contributed by atoms with van der Waals surface area (Å²) in [4.78, 5) is 21.4. The Kier molecular flexibility index (Phi) is 4.44. The lowest BCUT2D eigenvalue weighted by Crippen LogP contribution is -2.04. The SMILES string of the molecule is O=C(O)c1cccc(Oc2ccc(Cl)cc2Br)c1[N+](=O)[O-]. The van der Waals surface area contributed by atoms with Crippen LogP contribution >= 0.6 is 27.5 Å². The highest BCUT2D eigenvalue weighted by Gasteiger charge is 2.26. The second-order valence-electron chi connectivity index (χ2n) is 3.89. The number of ether oxygens (including phenoxy) is 1. The Hall–Kier alpha value is -2.12. The molecule has 0 aromatic heterocycles. The van der Waals surface area contributed by atoms with Gasteiger partial charge in [-0.2, -0.15) is 0 Å². The van der Waals surface area contributed by atoms with Gasteiger partial charge >= 0.3 is 11.7 Å². The maximum absolute atomic E-state index is 11.1. The van der Waals surface area contributed by atoms with Crippen LogP contribution in [0.15, 0.2) is 40.9 Å². The first kappa shape index (κ1) is 15.3. The van der Waals surface area contributed by atoms with Crippen LogP contribution in [0.5, 0.6) is 11.5 Å². The highest BCUT2D eigenvalue weighted by Crippen LogP contribution is 2.37. The Morgan fingerprint density at radius 2 is 2.00 bits per heavy atom. The van der Waals surface area contributed by atoms with Crippen LogP contribution in [0.25, 0.3) is 0 Å². The van der Waals surface area contributed by atoms with Gasteiger partial charge in [0.2, 0.25) is 5.75 Å². The van der Waals surface area contributed by atoms with Crippen LogP contribution in [0.1, 0.15) is 10.4 Å². The fraction of sp³-hybridized carbons (Fsp3) is 0. The van der Waals surface area contributed by atoms with Crippen LogP contribution in [0.2, 0.25) is 5.02 Å². The van der Waals surface area contributed by atoms with Gasteiger partial charge in [-0.15, -0.1) is 0 Å². The van der Waals surface area contributed by atoms with E-state index in [0.29, 0.717) is 9.50 Å². The first-order valence-corrected chi connectivity index (χ1v) is 6.71. The molecule has 1 N–H and O–H groups in total. The molecule has 0 heterocycles. The number of hydrogen-bond acceptors (Lipinski definition) is 4. The summed E-state index contributed by atoms with van der Waals surface area (Å²) in [6.07, 6.45) is 0. The Labute approximate surface area is 132 Å². The van der Waals surface area contributed by atoms with E-state index in [0.717, 1.165) is 6.07 Å². The van der Waals surface area contributed by atoms with Crippen molar-refractivity contribution in [2.45, 2.75) is 0 Å². The lowest BCUT2D eigenvalue weighted by molar-refractivity contribution is -0.386. The quantitative estimate of drug-likeness (QED) is 0.630. The Bertz CT molecular complexity index is 734. The van der Waals surface area contributed by atoms with Crippen molar-refractivity contribution in [2.75, 3.05) is 0 Å². The van der Waals surface area contributed by atoms with E-state index < -0.39 is 22.1 Å². The average molecular weight is 373 g/mol. The monoisotopic (exact) mass is 371 g/mol. The summed E-state index contributed by atoms with van der Waals surface area (Å²) in [7, 11) is 0. The molecule has 0 saturated carbocycles. The molecule has 6 nitrogen and oxygen atoms in total. The zero-order valence-electron chi connectivity index (χ0n) is 10.2. The summed E-state index contributed by atoms with van der Waals surface area (Å²) in [5, 5.41) is 20.6. The number of carboxylic acid groups (broad SMARTS) is 1. The van der Waals surface area contributed by atoms with Gasteiger partial charge in [0.1, 0.15) is 11.3 Å². The molecule has 0 spiro atoms. The lowest BCUT2D eigenvalue weighted by Gasteiger charge is -2.09. The Morgan fingerprint density at radius 1 is 1.29 bits per heavy atom. The van der Waals surface area contributed by atoms with Crippen LogP contribution in [0, 0.1) is 10.1 Å². The molecule has 21 heavy (non-hydrogen) atoms. The zero-order valence-corrected chi connectivity index (χ0v) is 12.6. The van der Waals surface area contributed by atoms with Gasteiger partial charge in [-0.05, 0) is 46.3 Å². The largest absolute Gasteiger partial charge is 0.477 e. The molecular weight excluding hydrogens is 366 g/mol. The van der Waals surface area contributed by atoms with Gasteiger partial charge in [0, 0.05) is 5.02 Å². The molecule has 0 aliphatic carbocycles. The summed E-state index contributed by atoms with van der Waals surface area (Å²) in [5.41, 5.74) is -1.05. The van der Waals surface area contributed by atoms with Gasteiger partial charge in [-0.3, -0.25) is 10.1 Å². The number of nitro benzene ring substituents is 1. The van der Waals surface area contributed by atoms with Crippen molar-refractivity contribution in [2.24, 2.45) is 0 Å². The van der Waals surface area contributed by atoms with Crippen molar-refractivity contribution in [1.82, 2.24) is 0 Å². The van der Waals surface area contributed by atoms with Crippen molar-refractivity contribution in [3.05, 3.63) is 61.6 Å². The lowest BCUT2D eigenvalue weighted by atomic mass is 10.1. The summed E-state index contributed by atoms with van der Waals surface area (Å²) in [5.74, 6) is -1.28. The van der Waals surface area contributed by atoms with Crippen LogP contribution in [0.3, 0.4) is 0 Å². The Morgan fingerprint density at radius 3 is 2.57 bits per heavy atom. The van der Waals surface area contributed by atoms with E-state index in [1.54, 1.807) is 12.1 Å². The average Bonchev–Trinajstić information content (AvgIpc) is 2.41. The molecule has 2 aromatic carbocycles. The molecule has 2 rings (SSSR count). The smallest absolute Gasteiger partial charge is 0.342 e. The normalized spacial score (nSPS) is 10.2. The van der Waals surface area contributed by atoms with Crippen molar-refractivity contribution >= 4 is 39.2 Å². The molecule has 0 atom stereocenters. The van der Waals surface area contributed by atoms with Crippen LogP contribution in [-0.2, 0) is 0 Å². The molecule has 0 amide bonds. The summed E-state index contributed by atoms with van der Waals surface area (Å²) < 4.78 is 5.93. The number of para-hydroxylation sites is 1. The van der Waals surface area contributed by atoms with Gasteiger partial charge in [-0.25, -0.2) is 4.79 Å². The summed E-state index contributed by atoms with van der Waals surface area (Å²) in [6.45, 7) is 0. The number of halogens is 2. The van der Waals surface area contributed by atoms with Crippen LogP contribution in [-0.4, -0.2) is 16.0 Å². The number of carboxylic acids is 1. The molecule has 108 valence electrons. The minimum absolute atomic E-state index is 0.164. The minimum atomic E-state index is -1.40. The zero-order chi connectivity index (χ0) is 15.6. The Balaban J connectivity index is 2.51. The third-order valence-corrected chi connectivity index (χ3v) is 3.38. The fourth-order valence-corrected chi connectivity index (χ4v) is 2.41. The van der Waals surface area contributed by atoms with E-state index in [9.17, 15) is 14.9 Å². The van der Waals surface area contributed by atoms with E-state index >= 15 is 0 Å². The third-order valence-electron chi connectivity index (χ3n) is 2.53. The number of benzene rings is 2. The third kappa shape index (κ3) is 3.32. The van der Waals surface area contributed by atoms with Gasteiger partial charge in [0.15, 0.2) is 0 Å². The fourth-order valence-electron chi connectivity index (χ4n) is 1.64. The first-order chi connectivity index (χ1) is 9.90. The van der Waals surface area contributed by atoms with E-state index in [1.165, 1.54) is 18.2 Å². The number of rotatable bonds is 4. The summed E-state index contributed by atoms with van der Waals surface area (Å²) in [6, 6.07) is 8.47. The van der Waals surface area contributed by atoms with Crippen molar-refractivity contribution in [3.8, 4) is 11.5 Å². The number of hydrogen-bond donors (Lipinski definition) is 1. The van der Waals surface area contributed by atoms with Gasteiger partial charge in [0.05, 0.1) is 9.40 Å². The molecule has 8 heteroatoms. The predicted molar refractivity (Wildman–Crippen MR) is 79.3 cm³/mol. The first-order valence-electron chi connectivity index (χ1n) is 5.53. The molecule has 0 saturated heterocycles. The minimum Gasteiger partial charge on any atom is -0.477 e. The van der Waals surface area contributed by atoms with Crippen molar-refractivity contribution in [3.63, 3.8) is 0 Å². The molecule has 0 fully saturated rings. The topological polar surface area (TPSA) is 89.7 Å². The molecule has 0 bridgehead atoms.